The van der Waals surface area contributed by atoms with Crippen molar-refractivity contribution in [3.63, 3.8) is 0 Å². The predicted octanol–water partition coefficient (Wildman–Crippen LogP) is 3.53. The minimum Gasteiger partial charge on any atom is -0.454 e. The molecule has 1 atom stereocenters. The molecule has 0 N–H and O–H groups in total. The highest BCUT2D eigenvalue weighted by Gasteiger charge is 2.27. The first kappa shape index (κ1) is 17.3. The molecule has 2 aliphatic heterocycles. The maximum atomic E-state index is 12.9. The van der Waals surface area contributed by atoms with Gasteiger partial charge in [0.25, 0.3) is 5.91 Å². The number of fused-ring (bicyclic) bond motifs is 1. The first-order valence-corrected chi connectivity index (χ1v) is 8.50. The number of benzene rings is 1. The second kappa shape index (κ2) is 8.03. The quantitative estimate of drug-likeness (QED) is 0.607. The number of allylic oxidation sites excluding steroid dienone is 3. The Bertz CT molecular complexity index is 714. The van der Waals surface area contributed by atoms with Gasteiger partial charge in [0.15, 0.2) is 11.5 Å². The van der Waals surface area contributed by atoms with Gasteiger partial charge < -0.3 is 19.1 Å². The second-order valence-electron chi connectivity index (χ2n) is 5.89. The van der Waals surface area contributed by atoms with Crippen molar-refractivity contribution in [3.05, 3.63) is 53.8 Å². The van der Waals surface area contributed by atoms with Gasteiger partial charge in [-0.25, -0.2) is 0 Å². The average Bonchev–Trinajstić information content (AvgIpc) is 3.30. The summed E-state index contributed by atoms with van der Waals surface area (Å²) in [6, 6.07) is 5.70. The molecule has 1 aromatic rings. The van der Waals surface area contributed by atoms with Crippen LogP contribution in [0.15, 0.2) is 48.2 Å². The lowest BCUT2D eigenvalue weighted by atomic mass is 10.1. The van der Waals surface area contributed by atoms with Gasteiger partial charge in [0.05, 0.1) is 12.6 Å². The third-order valence-electron chi connectivity index (χ3n) is 4.23. The van der Waals surface area contributed by atoms with Crippen LogP contribution in [0.1, 0.15) is 25.8 Å². The van der Waals surface area contributed by atoms with Crippen molar-refractivity contribution < 1.29 is 19.0 Å². The van der Waals surface area contributed by atoms with Crippen molar-refractivity contribution in [2.75, 3.05) is 20.0 Å². The molecule has 2 aliphatic rings. The zero-order valence-corrected chi connectivity index (χ0v) is 14.6. The first-order chi connectivity index (χ1) is 12.2. The number of carbonyl (C=O) groups excluding carboxylic acids is 1. The van der Waals surface area contributed by atoms with Gasteiger partial charge in [-0.15, -0.1) is 0 Å². The fourth-order valence-electron chi connectivity index (χ4n) is 2.99. The van der Waals surface area contributed by atoms with Crippen LogP contribution in [0.4, 0.5) is 0 Å². The number of hydrogen-bond acceptors (Lipinski definition) is 4. The normalized spacial score (nSPS) is 19.9. The molecule has 1 fully saturated rings. The monoisotopic (exact) mass is 341 g/mol. The molecule has 1 unspecified atom stereocenters. The van der Waals surface area contributed by atoms with E-state index in [9.17, 15) is 4.79 Å². The summed E-state index contributed by atoms with van der Waals surface area (Å²) in [5.41, 5.74) is 1.78. The minimum absolute atomic E-state index is 0.0561. The zero-order valence-electron chi connectivity index (χ0n) is 14.6. The summed E-state index contributed by atoms with van der Waals surface area (Å²) in [6.45, 7) is 5.38. The van der Waals surface area contributed by atoms with Crippen molar-refractivity contribution in [1.29, 1.82) is 0 Å². The van der Waals surface area contributed by atoms with Crippen LogP contribution in [0.25, 0.3) is 6.08 Å². The molecule has 3 rings (SSSR count). The highest BCUT2D eigenvalue weighted by atomic mass is 16.7. The number of ether oxygens (including phenoxy) is 3. The van der Waals surface area contributed by atoms with E-state index < -0.39 is 0 Å². The molecule has 0 aromatic heterocycles. The van der Waals surface area contributed by atoms with Crippen LogP contribution >= 0.6 is 0 Å². The van der Waals surface area contributed by atoms with Gasteiger partial charge in [0, 0.05) is 18.4 Å². The second-order valence-corrected chi connectivity index (χ2v) is 5.89. The summed E-state index contributed by atoms with van der Waals surface area (Å²) in [5, 5.41) is 0. The Labute approximate surface area is 148 Å². The molecule has 0 bridgehead atoms. The number of amides is 1. The van der Waals surface area contributed by atoms with E-state index in [-0.39, 0.29) is 18.7 Å². The summed E-state index contributed by atoms with van der Waals surface area (Å²) in [5.74, 6) is 1.38. The lowest BCUT2D eigenvalue weighted by Gasteiger charge is -2.28. The molecule has 5 nitrogen and oxygen atoms in total. The van der Waals surface area contributed by atoms with E-state index in [1.165, 1.54) is 0 Å². The fourth-order valence-corrected chi connectivity index (χ4v) is 2.99. The molecule has 1 saturated heterocycles. The smallest absolute Gasteiger partial charge is 0.251 e. The highest BCUT2D eigenvalue weighted by Crippen LogP contribution is 2.32. The van der Waals surface area contributed by atoms with Gasteiger partial charge in [0.1, 0.15) is 0 Å². The number of hydrogen-bond donors (Lipinski definition) is 0. The van der Waals surface area contributed by atoms with Crippen molar-refractivity contribution in [2.24, 2.45) is 0 Å². The Kier molecular flexibility index (Phi) is 5.56. The van der Waals surface area contributed by atoms with Crippen molar-refractivity contribution in [3.8, 4) is 11.5 Å². The third-order valence-corrected chi connectivity index (χ3v) is 4.23. The summed E-state index contributed by atoms with van der Waals surface area (Å²) in [7, 11) is 0. The first-order valence-electron chi connectivity index (χ1n) is 8.50. The van der Waals surface area contributed by atoms with Crippen LogP contribution in [-0.2, 0) is 9.53 Å². The van der Waals surface area contributed by atoms with E-state index >= 15 is 0 Å². The van der Waals surface area contributed by atoms with E-state index in [1.807, 2.05) is 55.2 Å². The molecule has 0 spiro atoms. The van der Waals surface area contributed by atoms with Crippen LogP contribution in [0.2, 0.25) is 0 Å². The Morgan fingerprint density at radius 3 is 2.76 bits per heavy atom. The molecule has 1 amide bonds. The van der Waals surface area contributed by atoms with Crippen LogP contribution in [0.5, 0.6) is 11.5 Å². The molecular formula is C20H23NO4. The van der Waals surface area contributed by atoms with E-state index in [0.717, 1.165) is 23.4 Å². The summed E-state index contributed by atoms with van der Waals surface area (Å²) < 4.78 is 16.2. The van der Waals surface area contributed by atoms with Gasteiger partial charge in [-0.2, -0.15) is 0 Å². The zero-order chi connectivity index (χ0) is 17.6. The molecule has 0 aliphatic carbocycles. The number of carbonyl (C=O) groups is 1. The molecule has 0 radical (unpaired) electrons. The largest absolute Gasteiger partial charge is 0.454 e. The molecule has 5 heteroatoms. The SMILES string of the molecule is C/C=C\C(=C/C)N(C(=O)/C=C/c1ccc2c(c1)OCO2)C1CCOC1. The Hall–Kier alpha value is -2.53. The van der Waals surface area contributed by atoms with Gasteiger partial charge in [-0.1, -0.05) is 18.2 Å². The maximum absolute atomic E-state index is 12.9. The predicted molar refractivity (Wildman–Crippen MR) is 96.2 cm³/mol. The van der Waals surface area contributed by atoms with Crippen LogP contribution in [-0.4, -0.2) is 36.9 Å². The molecule has 132 valence electrons. The molecule has 1 aromatic carbocycles. The van der Waals surface area contributed by atoms with E-state index in [4.69, 9.17) is 14.2 Å². The van der Waals surface area contributed by atoms with Crippen LogP contribution in [0.3, 0.4) is 0 Å². The van der Waals surface area contributed by atoms with Gasteiger partial charge in [-0.05, 0) is 50.1 Å². The Morgan fingerprint density at radius 1 is 1.20 bits per heavy atom. The lowest BCUT2D eigenvalue weighted by Crippen LogP contribution is -2.38. The average molecular weight is 341 g/mol. The van der Waals surface area contributed by atoms with Gasteiger partial charge >= 0.3 is 0 Å². The van der Waals surface area contributed by atoms with E-state index in [1.54, 1.807) is 12.2 Å². The minimum atomic E-state index is -0.0561. The van der Waals surface area contributed by atoms with Crippen molar-refractivity contribution >= 4 is 12.0 Å². The van der Waals surface area contributed by atoms with E-state index in [2.05, 4.69) is 0 Å². The standard InChI is InChI=1S/C20H23NO4/c1-3-5-16(4-2)21(17-10-11-23-13-17)20(22)9-7-15-6-8-18-19(12-15)25-14-24-18/h3-9,12,17H,10-11,13-14H2,1-2H3/b5-3-,9-7+,16-4+. The van der Waals surface area contributed by atoms with Crippen LogP contribution in [0, 0.1) is 0 Å². The van der Waals surface area contributed by atoms with Gasteiger partial charge in [-0.3, -0.25) is 4.79 Å². The lowest BCUT2D eigenvalue weighted by molar-refractivity contribution is -0.125. The molecule has 0 saturated carbocycles. The van der Waals surface area contributed by atoms with Crippen molar-refractivity contribution in [1.82, 2.24) is 4.90 Å². The van der Waals surface area contributed by atoms with E-state index in [0.29, 0.717) is 19.0 Å². The van der Waals surface area contributed by atoms with Crippen LogP contribution < -0.4 is 9.47 Å². The topological polar surface area (TPSA) is 48.0 Å². The van der Waals surface area contributed by atoms with Gasteiger partial charge in [0.2, 0.25) is 6.79 Å². The highest BCUT2D eigenvalue weighted by molar-refractivity contribution is 5.93. The summed E-state index contributed by atoms with van der Waals surface area (Å²) in [6.07, 6.45) is 10.1. The number of nitrogens with zero attached hydrogens (tertiary/aromatic N) is 1. The molecular weight excluding hydrogens is 318 g/mol. The maximum Gasteiger partial charge on any atom is 0.251 e. The molecule has 25 heavy (non-hydrogen) atoms. The third kappa shape index (κ3) is 3.94. The Morgan fingerprint density at radius 2 is 2.04 bits per heavy atom. The fraction of sp³-hybridized carbons (Fsp3) is 0.350. The Balaban J connectivity index is 1.79. The van der Waals surface area contributed by atoms with Crippen molar-refractivity contribution in [2.45, 2.75) is 26.3 Å². The number of rotatable bonds is 5. The summed E-state index contributed by atoms with van der Waals surface area (Å²) in [4.78, 5) is 14.7. The summed E-state index contributed by atoms with van der Waals surface area (Å²) >= 11 is 0. The molecule has 2 heterocycles.